The summed E-state index contributed by atoms with van der Waals surface area (Å²) in [6.45, 7) is 2.38. The number of carbonyl (C=O) groups is 2. The van der Waals surface area contributed by atoms with Crippen molar-refractivity contribution in [3.63, 3.8) is 0 Å². The first-order valence-corrected chi connectivity index (χ1v) is 11.5. The van der Waals surface area contributed by atoms with Crippen LogP contribution >= 0.6 is 0 Å². The predicted molar refractivity (Wildman–Crippen MR) is 127 cm³/mol. The Labute approximate surface area is 198 Å². The second kappa shape index (κ2) is 10.9. The van der Waals surface area contributed by atoms with Crippen LogP contribution in [0.3, 0.4) is 0 Å². The fourth-order valence-corrected chi connectivity index (χ4v) is 3.97. The van der Waals surface area contributed by atoms with Gasteiger partial charge >= 0.3 is 0 Å². The van der Waals surface area contributed by atoms with Crippen LogP contribution in [-0.2, 0) is 6.61 Å². The lowest BCUT2D eigenvalue weighted by molar-refractivity contribution is 0.0913. The lowest BCUT2D eigenvalue weighted by atomic mass is 9.87. The van der Waals surface area contributed by atoms with E-state index in [0.717, 1.165) is 31.6 Å². The molecule has 178 valence electrons. The van der Waals surface area contributed by atoms with Crippen molar-refractivity contribution in [2.75, 3.05) is 12.4 Å². The third kappa shape index (κ3) is 5.95. The third-order valence-electron chi connectivity index (χ3n) is 5.99. The van der Waals surface area contributed by atoms with Gasteiger partial charge in [-0.25, -0.2) is 0 Å². The summed E-state index contributed by atoms with van der Waals surface area (Å²) >= 11 is 0. The highest BCUT2D eigenvalue weighted by atomic mass is 16.5. The molecule has 1 saturated carbocycles. The van der Waals surface area contributed by atoms with E-state index in [9.17, 15) is 9.59 Å². The van der Waals surface area contributed by atoms with Crippen molar-refractivity contribution in [1.82, 2.24) is 10.5 Å². The minimum atomic E-state index is -0.263. The first-order chi connectivity index (χ1) is 16.5. The topological polar surface area (TPSA) is 103 Å². The van der Waals surface area contributed by atoms with Gasteiger partial charge in [0.05, 0.1) is 12.7 Å². The molecular formula is C26H29N3O5. The number of nitrogens with zero attached hydrogens (tertiary/aromatic N) is 1. The maximum atomic E-state index is 12.5. The van der Waals surface area contributed by atoms with Crippen LogP contribution < -0.4 is 20.1 Å². The third-order valence-corrected chi connectivity index (χ3v) is 5.99. The average molecular weight is 464 g/mol. The number of carbonyl (C=O) groups excluding carboxylic acids is 2. The quantitative estimate of drug-likeness (QED) is 0.496. The molecule has 0 spiro atoms. The monoisotopic (exact) mass is 463 g/mol. The summed E-state index contributed by atoms with van der Waals surface area (Å²) in [6.07, 6.45) is 4.25. The van der Waals surface area contributed by atoms with Gasteiger partial charge in [0, 0.05) is 17.8 Å². The Morgan fingerprint density at radius 1 is 1.03 bits per heavy atom. The number of para-hydroxylation sites is 1. The second-order valence-electron chi connectivity index (χ2n) is 8.58. The van der Waals surface area contributed by atoms with Gasteiger partial charge in [-0.15, -0.1) is 0 Å². The highest BCUT2D eigenvalue weighted by Gasteiger charge is 2.22. The van der Waals surface area contributed by atoms with Crippen LogP contribution in [0.5, 0.6) is 11.5 Å². The van der Waals surface area contributed by atoms with E-state index in [-0.39, 0.29) is 30.2 Å². The number of ether oxygens (including phenoxy) is 2. The molecule has 2 N–H and O–H groups in total. The van der Waals surface area contributed by atoms with Crippen LogP contribution in [0.15, 0.2) is 59.1 Å². The fraction of sp³-hybridized carbons (Fsp3) is 0.346. The minimum absolute atomic E-state index is 0.133. The molecule has 0 atom stereocenters. The summed E-state index contributed by atoms with van der Waals surface area (Å²) in [6, 6.07) is 15.8. The van der Waals surface area contributed by atoms with Crippen molar-refractivity contribution >= 4 is 17.5 Å². The molecule has 2 aromatic carbocycles. The number of hydrogen-bond donors (Lipinski definition) is 2. The zero-order chi connectivity index (χ0) is 23.9. The molecule has 1 aliphatic rings. The lowest BCUT2D eigenvalue weighted by Gasteiger charge is -2.26. The van der Waals surface area contributed by atoms with Gasteiger partial charge in [-0.2, -0.15) is 0 Å². The van der Waals surface area contributed by atoms with Crippen molar-refractivity contribution in [3.8, 4) is 11.5 Å². The van der Waals surface area contributed by atoms with Gasteiger partial charge in [-0.3, -0.25) is 9.59 Å². The summed E-state index contributed by atoms with van der Waals surface area (Å²) in [4.78, 5) is 24.9. The highest BCUT2D eigenvalue weighted by molar-refractivity contribution is 6.06. The van der Waals surface area contributed by atoms with Gasteiger partial charge in [-0.05, 0) is 68.0 Å². The van der Waals surface area contributed by atoms with Gasteiger partial charge < -0.3 is 24.6 Å². The SMILES string of the molecule is COc1ccccc1C(=O)Nc1ccc(OCc2cc(C(=O)NC3CCC(C)CC3)no2)cc1. The zero-order valence-electron chi connectivity index (χ0n) is 19.4. The number of benzene rings is 2. The van der Waals surface area contributed by atoms with Gasteiger partial charge in [0.15, 0.2) is 11.5 Å². The summed E-state index contributed by atoms with van der Waals surface area (Å²) in [5.74, 6) is 1.80. The van der Waals surface area contributed by atoms with Crippen LogP contribution in [0, 0.1) is 5.92 Å². The summed E-state index contributed by atoms with van der Waals surface area (Å²) < 4.78 is 16.2. The molecule has 1 aromatic heterocycles. The zero-order valence-corrected chi connectivity index (χ0v) is 19.4. The smallest absolute Gasteiger partial charge is 0.273 e. The largest absolute Gasteiger partial charge is 0.496 e. The van der Waals surface area contributed by atoms with Crippen molar-refractivity contribution in [1.29, 1.82) is 0 Å². The van der Waals surface area contributed by atoms with Crippen LogP contribution in [0.25, 0.3) is 0 Å². The van der Waals surface area contributed by atoms with Gasteiger partial charge in [-0.1, -0.05) is 24.2 Å². The number of anilines is 1. The first-order valence-electron chi connectivity index (χ1n) is 11.5. The summed E-state index contributed by atoms with van der Waals surface area (Å²) in [7, 11) is 1.53. The number of rotatable bonds is 8. The first kappa shape index (κ1) is 23.4. The Hall–Kier alpha value is -3.81. The van der Waals surface area contributed by atoms with Gasteiger partial charge in [0.1, 0.15) is 18.1 Å². The fourth-order valence-electron chi connectivity index (χ4n) is 3.97. The van der Waals surface area contributed by atoms with Crippen LogP contribution in [0.1, 0.15) is 59.2 Å². The minimum Gasteiger partial charge on any atom is -0.496 e. The Morgan fingerprint density at radius 3 is 2.50 bits per heavy atom. The average Bonchev–Trinajstić information content (AvgIpc) is 3.34. The normalized spacial score (nSPS) is 17.6. The number of methoxy groups -OCH3 is 1. The molecular weight excluding hydrogens is 434 g/mol. The highest BCUT2D eigenvalue weighted by Crippen LogP contribution is 2.24. The maximum Gasteiger partial charge on any atom is 0.273 e. The molecule has 1 fully saturated rings. The molecule has 8 nitrogen and oxygen atoms in total. The number of hydrogen-bond acceptors (Lipinski definition) is 6. The standard InChI is InChI=1S/C26H29N3O5/c1-17-7-9-18(10-8-17)28-26(31)23-15-21(34-29-23)16-33-20-13-11-19(12-14-20)27-25(30)22-5-3-4-6-24(22)32-2/h3-6,11-15,17-18H,7-10,16H2,1-2H3,(H,27,30)(H,28,31). The summed E-state index contributed by atoms with van der Waals surface area (Å²) in [5, 5.41) is 9.75. The maximum absolute atomic E-state index is 12.5. The Balaban J connectivity index is 1.27. The van der Waals surface area contributed by atoms with Crippen LogP contribution in [-0.4, -0.2) is 30.1 Å². The molecule has 1 heterocycles. The number of aromatic nitrogens is 1. The van der Waals surface area contributed by atoms with E-state index in [4.69, 9.17) is 14.0 Å². The molecule has 0 aliphatic heterocycles. The van der Waals surface area contributed by atoms with Crippen molar-refractivity contribution in [2.45, 2.75) is 45.3 Å². The number of amides is 2. The molecule has 0 radical (unpaired) electrons. The molecule has 1 aliphatic carbocycles. The molecule has 0 saturated heterocycles. The predicted octanol–water partition coefficient (Wildman–Crippen LogP) is 4.82. The second-order valence-corrected chi connectivity index (χ2v) is 8.58. The number of nitrogens with one attached hydrogen (secondary N) is 2. The van der Waals surface area contributed by atoms with Crippen LogP contribution in [0.2, 0.25) is 0 Å². The van der Waals surface area contributed by atoms with E-state index in [1.54, 1.807) is 48.5 Å². The summed E-state index contributed by atoms with van der Waals surface area (Å²) in [5.41, 5.74) is 1.33. The van der Waals surface area contributed by atoms with Gasteiger partial charge in [0.2, 0.25) is 0 Å². The Morgan fingerprint density at radius 2 is 1.76 bits per heavy atom. The Bertz CT molecular complexity index is 1120. The molecule has 8 heteroatoms. The molecule has 2 amide bonds. The van der Waals surface area contributed by atoms with Crippen molar-refractivity contribution in [2.24, 2.45) is 5.92 Å². The van der Waals surface area contributed by atoms with E-state index >= 15 is 0 Å². The van der Waals surface area contributed by atoms with E-state index < -0.39 is 0 Å². The van der Waals surface area contributed by atoms with E-state index in [2.05, 4.69) is 22.7 Å². The van der Waals surface area contributed by atoms with Crippen molar-refractivity contribution in [3.05, 3.63) is 71.6 Å². The van der Waals surface area contributed by atoms with Crippen molar-refractivity contribution < 1.29 is 23.6 Å². The molecule has 3 aromatic rings. The van der Waals surface area contributed by atoms with E-state index in [0.29, 0.717) is 28.5 Å². The molecule has 0 bridgehead atoms. The lowest BCUT2D eigenvalue weighted by Crippen LogP contribution is -2.37. The van der Waals surface area contributed by atoms with E-state index in [1.165, 1.54) is 7.11 Å². The molecule has 4 rings (SSSR count). The van der Waals surface area contributed by atoms with E-state index in [1.807, 2.05) is 6.07 Å². The van der Waals surface area contributed by atoms with Gasteiger partial charge in [0.25, 0.3) is 11.8 Å². The molecule has 34 heavy (non-hydrogen) atoms. The van der Waals surface area contributed by atoms with Crippen LogP contribution in [0.4, 0.5) is 5.69 Å². The molecule has 0 unspecified atom stereocenters. The Kier molecular flexibility index (Phi) is 7.47.